The molecular formula is C14H20N2O4. The summed E-state index contributed by atoms with van der Waals surface area (Å²) in [6.07, 6.45) is 0.718. The van der Waals surface area contributed by atoms with Gasteiger partial charge < -0.3 is 21.3 Å². The molecule has 0 aliphatic carbocycles. The molecule has 1 aromatic carbocycles. The van der Waals surface area contributed by atoms with E-state index in [9.17, 15) is 14.7 Å². The molecule has 0 spiro atoms. The van der Waals surface area contributed by atoms with E-state index in [1.807, 2.05) is 6.92 Å². The predicted molar refractivity (Wildman–Crippen MR) is 74.2 cm³/mol. The number of carbonyl (C=O) groups excluding carboxylic acids is 1. The van der Waals surface area contributed by atoms with E-state index in [0.29, 0.717) is 6.42 Å². The first-order chi connectivity index (χ1) is 9.47. The summed E-state index contributed by atoms with van der Waals surface area (Å²) in [4.78, 5) is 23.1. The van der Waals surface area contributed by atoms with Crippen LogP contribution in [0, 0.1) is 5.92 Å². The topological polar surface area (TPSA) is 113 Å². The highest BCUT2D eigenvalue weighted by Gasteiger charge is 2.23. The molecule has 110 valence electrons. The monoisotopic (exact) mass is 280 g/mol. The van der Waals surface area contributed by atoms with Crippen molar-refractivity contribution < 1.29 is 19.8 Å². The molecule has 6 nitrogen and oxygen atoms in total. The maximum Gasteiger partial charge on any atom is 0.326 e. The molecule has 0 aliphatic rings. The molecule has 1 unspecified atom stereocenters. The molecule has 0 radical (unpaired) electrons. The summed E-state index contributed by atoms with van der Waals surface area (Å²) in [5.74, 6) is -1.71. The van der Waals surface area contributed by atoms with E-state index >= 15 is 0 Å². The highest BCUT2D eigenvalue weighted by Crippen LogP contribution is 2.12. The summed E-state index contributed by atoms with van der Waals surface area (Å²) < 4.78 is 0. The minimum atomic E-state index is -1.10. The standard InChI is InChI=1S/C14H20N2O4/c1-2-10(8-15)13(18)16-12(14(19)20)7-9-3-5-11(17)6-4-9/h3-6,10,12,17H,2,7-8,15H2,1H3,(H,16,18)(H,19,20)/t10?,12-/m0/s1. The van der Waals surface area contributed by atoms with Gasteiger partial charge in [0.1, 0.15) is 11.8 Å². The zero-order chi connectivity index (χ0) is 15.1. The van der Waals surface area contributed by atoms with Crippen LogP contribution in [0.15, 0.2) is 24.3 Å². The van der Waals surface area contributed by atoms with Crippen LogP contribution >= 0.6 is 0 Å². The van der Waals surface area contributed by atoms with Gasteiger partial charge in [0.05, 0.1) is 0 Å². The van der Waals surface area contributed by atoms with Gasteiger partial charge in [-0.2, -0.15) is 0 Å². The van der Waals surface area contributed by atoms with Crippen LogP contribution in [0.3, 0.4) is 0 Å². The Balaban J connectivity index is 2.72. The predicted octanol–water partition coefficient (Wildman–Crippen LogP) is 0.489. The van der Waals surface area contributed by atoms with Crippen molar-refractivity contribution in [3.05, 3.63) is 29.8 Å². The van der Waals surface area contributed by atoms with E-state index in [0.717, 1.165) is 5.56 Å². The lowest BCUT2D eigenvalue weighted by atomic mass is 10.0. The first-order valence-corrected chi connectivity index (χ1v) is 6.49. The highest BCUT2D eigenvalue weighted by molar-refractivity contribution is 5.85. The Morgan fingerprint density at radius 2 is 1.90 bits per heavy atom. The molecule has 5 N–H and O–H groups in total. The Kier molecular flexibility index (Phi) is 5.99. The van der Waals surface area contributed by atoms with Crippen LogP contribution in [0.25, 0.3) is 0 Å². The van der Waals surface area contributed by atoms with Crippen LogP contribution in [-0.2, 0) is 16.0 Å². The van der Waals surface area contributed by atoms with E-state index in [1.165, 1.54) is 12.1 Å². The molecule has 0 aliphatic heterocycles. The van der Waals surface area contributed by atoms with Crippen molar-refractivity contribution in [2.45, 2.75) is 25.8 Å². The van der Waals surface area contributed by atoms with Gasteiger partial charge in [-0.3, -0.25) is 4.79 Å². The molecule has 1 amide bonds. The van der Waals surface area contributed by atoms with Crippen molar-refractivity contribution >= 4 is 11.9 Å². The molecule has 0 saturated carbocycles. The summed E-state index contributed by atoms with van der Waals surface area (Å²) in [6.45, 7) is 2.01. The largest absolute Gasteiger partial charge is 0.508 e. The molecule has 1 rings (SSSR count). The Bertz CT molecular complexity index is 455. The van der Waals surface area contributed by atoms with Gasteiger partial charge in [0.2, 0.25) is 5.91 Å². The van der Waals surface area contributed by atoms with Gasteiger partial charge in [0, 0.05) is 18.9 Å². The zero-order valence-corrected chi connectivity index (χ0v) is 11.4. The molecule has 6 heteroatoms. The minimum absolute atomic E-state index is 0.110. The third kappa shape index (κ3) is 4.55. The summed E-state index contributed by atoms with van der Waals surface area (Å²) in [5, 5.41) is 20.9. The Morgan fingerprint density at radius 3 is 2.35 bits per heavy atom. The quantitative estimate of drug-likeness (QED) is 0.580. The first-order valence-electron chi connectivity index (χ1n) is 6.49. The Labute approximate surface area is 117 Å². The number of phenolic OH excluding ortho intramolecular Hbond substituents is 1. The number of aliphatic carboxylic acids is 1. The van der Waals surface area contributed by atoms with Gasteiger partial charge in [0.15, 0.2) is 0 Å². The maximum atomic E-state index is 11.9. The fourth-order valence-corrected chi connectivity index (χ4v) is 1.82. The minimum Gasteiger partial charge on any atom is -0.508 e. The number of carboxylic acids is 1. The average molecular weight is 280 g/mol. The number of hydrogen-bond donors (Lipinski definition) is 4. The van der Waals surface area contributed by atoms with Gasteiger partial charge in [-0.15, -0.1) is 0 Å². The van der Waals surface area contributed by atoms with Crippen LogP contribution in [-0.4, -0.2) is 34.7 Å². The zero-order valence-electron chi connectivity index (χ0n) is 11.4. The lowest BCUT2D eigenvalue weighted by Gasteiger charge is -2.18. The Hall–Kier alpha value is -2.08. The number of carboxylic acid groups (broad SMARTS) is 1. The van der Waals surface area contributed by atoms with Gasteiger partial charge in [0.25, 0.3) is 0 Å². The van der Waals surface area contributed by atoms with E-state index < -0.39 is 12.0 Å². The van der Waals surface area contributed by atoms with Crippen molar-refractivity contribution in [1.29, 1.82) is 0 Å². The van der Waals surface area contributed by atoms with E-state index in [1.54, 1.807) is 12.1 Å². The molecule has 0 heterocycles. The fourth-order valence-electron chi connectivity index (χ4n) is 1.82. The molecule has 20 heavy (non-hydrogen) atoms. The smallest absolute Gasteiger partial charge is 0.326 e. The molecule has 0 aromatic heterocycles. The Morgan fingerprint density at radius 1 is 1.30 bits per heavy atom. The highest BCUT2D eigenvalue weighted by atomic mass is 16.4. The number of rotatable bonds is 7. The normalized spacial score (nSPS) is 13.5. The molecular weight excluding hydrogens is 260 g/mol. The van der Waals surface area contributed by atoms with Gasteiger partial charge >= 0.3 is 5.97 Å². The van der Waals surface area contributed by atoms with Crippen molar-refractivity contribution in [3.63, 3.8) is 0 Å². The number of carbonyl (C=O) groups is 2. The van der Waals surface area contributed by atoms with Crippen molar-refractivity contribution in [2.24, 2.45) is 11.7 Å². The number of aromatic hydroxyl groups is 1. The van der Waals surface area contributed by atoms with E-state index in [2.05, 4.69) is 5.32 Å². The lowest BCUT2D eigenvalue weighted by Crippen LogP contribution is -2.46. The number of hydrogen-bond acceptors (Lipinski definition) is 4. The van der Waals surface area contributed by atoms with Gasteiger partial charge in [-0.1, -0.05) is 19.1 Å². The second-order valence-corrected chi connectivity index (χ2v) is 4.61. The van der Waals surface area contributed by atoms with Crippen LogP contribution < -0.4 is 11.1 Å². The maximum absolute atomic E-state index is 11.9. The fraction of sp³-hybridized carbons (Fsp3) is 0.429. The summed E-state index contributed by atoms with van der Waals surface area (Å²) in [5.41, 5.74) is 6.19. The number of nitrogens with two attached hydrogens (primary N) is 1. The van der Waals surface area contributed by atoms with Crippen LogP contribution in [0.5, 0.6) is 5.75 Å². The number of amides is 1. The van der Waals surface area contributed by atoms with E-state index in [-0.39, 0.29) is 30.5 Å². The molecule has 1 aromatic rings. The lowest BCUT2D eigenvalue weighted by molar-refractivity contribution is -0.142. The number of benzene rings is 1. The number of nitrogens with one attached hydrogen (secondary N) is 1. The van der Waals surface area contributed by atoms with Gasteiger partial charge in [-0.05, 0) is 24.1 Å². The SMILES string of the molecule is CCC(CN)C(=O)N[C@@H](Cc1ccc(O)cc1)C(=O)O. The van der Waals surface area contributed by atoms with E-state index in [4.69, 9.17) is 10.8 Å². The average Bonchev–Trinajstić information content (AvgIpc) is 2.41. The molecule has 0 saturated heterocycles. The summed E-state index contributed by atoms with van der Waals surface area (Å²) in [6, 6.07) is 5.19. The summed E-state index contributed by atoms with van der Waals surface area (Å²) >= 11 is 0. The van der Waals surface area contributed by atoms with Crippen molar-refractivity contribution in [3.8, 4) is 5.75 Å². The third-order valence-corrected chi connectivity index (χ3v) is 3.14. The summed E-state index contributed by atoms with van der Waals surface area (Å²) in [7, 11) is 0. The number of phenols is 1. The van der Waals surface area contributed by atoms with Gasteiger partial charge in [-0.25, -0.2) is 4.79 Å². The van der Waals surface area contributed by atoms with Crippen molar-refractivity contribution in [2.75, 3.05) is 6.54 Å². The molecule has 2 atom stereocenters. The molecule has 0 fully saturated rings. The van der Waals surface area contributed by atoms with Crippen LogP contribution in [0.1, 0.15) is 18.9 Å². The second-order valence-electron chi connectivity index (χ2n) is 4.61. The van der Waals surface area contributed by atoms with Crippen LogP contribution in [0.2, 0.25) is 0 Å². The van der Waals surface area contributed by atoms with Crippen molar-refractivity contribution in [1.82, 2.24) is 5.32 Å². The second kappa shape index (κ2) is 7.49. The van der Waals surface area contributed by atoms with Crippen LogP contribution in [0.4, 0.5) is 0 Å². The molecule has 0 bridgehead atoms. The first kappa shape index (κ1) is 16.0. The third-order valence-electron chi connectivity index (χ3n) is 3.14.